The molecule has 1 aliphatic rings. The number of alkyl halides is 2. The molecular formula is C18H25F2N7O2. The van der Waals surface area contributed by atoms with Gasteiger partial charge in [0.2, 0.25) is 5.95 Å². The van der Waals surface area contributed by atoms with E-state index in [1.165, 1.54) is 12.3 Å². The van der Waals surface area contributed by atoms with E-state index in [-0.39, 0.29) is 23.8 Å². The summed E-state index contributed by atoms with van der Waals surface area (Å²) in [6.07, 6.45) is 1.53. The molecular weight excluding hydrogens is 384 g/mol. The number of carbonyl (C=O) groups excluding carboxylic acids is 1. The molecule has 0 spiro atoms. The van der Waals surface area contributed by atoms with Gasteiger partial charge in [0.05, 0.1) is 11.7 Å². The van der Waals surface area contributed by atoms with Crippen LogP contribution in [-0.2, 0) is 4.74 Å². The number of anilines is 2. The summed E-state index contributed by atoms with van der Waals surface area (Å²) in [6.45, 7) is 3.92. The van der Waals surface area contributed by atoms with E-state index < -0.39 is 12.2 Å². The summed E-state index contributed by atoms with van der Waals surface area (Å²) in [5.41, 5.74) is 5.90. The van der Waals surface area contributed by atoms with Crippen molar-refractivity contribution >= 4 is 17.9 Å². The van der Waals surface area contributed by atoms with E-state index in [2.05, 4.69) is 15.1 Å². The lowest BCUT2D eigenvalue weighted by Gasteiger charge is -2.28. The molecule has 1 aliphatic heterocycles. The number of hydrogen-bond donors (Lipinski definition) is 1. The predicted molar refractivity (Wildman–Crippen MR) is 104 cm³/mol. The van der Waals surface area contributed by atoms with Gasteiger partial charge >= 0.3 is 12.6 Å². The van der Waals surface area contributed by atoms with Crippen LogP contribution in [0.3, 0.4) is 0 Å². The zero-order valence-electron chi connectivity index (χ0n) is 16.8. The highest BCUT2D eigenvalue weighted by molar-refractivity contribution is 5.68. The van der Waals surface area contributed by atoms with Gasteiger partial charge in [-0.1, -0.05) is 0 Å². The van der Waals surface area contributed by atoms with Crippen molar-refractivity contribution in [1.29, 1.82) is 0 Å². The molecule has 29 heavy (non-hydrogen) atoms. The molecule has 3 rings (SSSR count). The summed E-state index contributed by atoms with van der Waals surface area (Å²) in [5.74, 6) is 0.576. The minimum atomic E-state index is -2.73. The number of rotatable bonds is 4. The van der Waals surface area contributed by atoms with Crippen molar-refractivity contribution in [2.24, 2.45) is 0 Å². The molecule has 2 N–H and O–H groups in total. The van der Waals surface area contributed by atoms with Crippen molar-refractivity contribution in [2.75, 3.05) is 30.8 Å². The van der Waals surface area contributed by atoms with Gasteiger partial charge in [-0.15, -0.1) is 0 Å². The standard InChI is InChI=1S/C18H25F2N7O2/c1-18(2,3)29-17(28)25(4)11-5-7-26(10-11)14-9-13(22-16(21)23-14)12-6-8-27(24-12)15(19)20/h6,8-9,11,15H,5,7,10H2,1-4H3,(H2,21,22,23)/t11-/m1/s1. The Morgan fingerprint density at radius 1 is 1.34 bits per heavy atom. The van der Waals surface area contributed by atoms with E-state index in [9.17, 15) is 13.6 Å². The lowest BCUT2D eigenvalue weighted by molar-refractivity contribution is 0.0237. The Morgan fingerprint density at radius 3 is 2.69 bits per heavy atom. The van der Waals surface area contributed by atoms with Crippen molar-refractivity contribution in [2.45, 2.75) is 45.4 Å². The number of likely N-dealkylation sites (N-methyl/N-ethyl adjacent to an activating group) is 1. The average molecular weight is 409 g/mol. The summed E-state index contributed by atoms with van der Waals surface area (Å²) in [5, 5.41) is 3.82. The van der Waals surface area contributed by atoms with Gasteiger partial charge in [-0.2, -0.15) is 18.9 Å². The van der Waals surface area contributed by atoms with Crippen LogP contribution >= 0.6 is 0 Å². The van der Waals surface area contributed by atoms with E-state index in [1.807, 2.05) is 25.7 Å². The Bertz CT molecular complexity index is 881. The van der Waals surface area contributed by atoms with Crippen molar-refractivity contribution < 1.29 is 18.3 Å². The fourth-order valence-electron chi connectivity index (χ4n) is 3.08. The zero-order chi connectivity index (χ0) is 21.3. The summed E-state index contributed by atoms with van der Waals surface area (Å²) in [6, 6.07) is 3.05. The van der Waals surface area contributed by atoms with Crippen LogP contribution in [0.15, 0.2) is 18.3 Å². The fourth-order valence-corrected chi connectivity index (χ4v) is 3.08. The monoisotopic (exact) mass is 409 g/mol. The second kappa shape index (κ2) is 7.80. The molecule has 0 bridgehead atoms. The minimum Gasteiger partial charge on any atom is -0.444 e. The van der Waals surface area contributed by atoms with E-state index >= 15 is 0 Å². The number of nitrogens with zero attached hydrogens (tertiary/aromatic N) is 6. The van der Waals surface area contributed by atoms with Crippen LogP contribution in [0.4, 0.5) is 25.3 Å². The number of carbonyl (C=O) groups is 1. The van der Waals surface area contributed by atoms with Crippen LogP contribution < -0.4 is 10.6 Å². The molecule has 0 aliphatic carbocycles. The predicted octanol–water partition coefficient (Wildman–Crippen LogP) is 2.76. The Kier molecular flexibility index (Phi) is 5.58. The van der Waals surface area contributed by atoms with Crippen molar-refractivity contribution in [3.63, 3.8) is 0 Å². The number of amides is 1. The summed E-state index contributed by atoms with van der Waals surface area (Å²) in [4.78, 5) is 24.2. The van der Waals surface area contributed by atoms with Gasteiger partial charge < -0.3 is 20.3 Å². The molecule has 2 aromatic heterocycles. The van der Waals surface area contributed by atoms with Crippen LogP contribution in [0.25, 0.3) is 11.4 Å². The van der Waals surface area contributed by atoms with Gasteiger partial charge in [-0.25, -0.2) is 14.5 Å². The normalized spacial score (nSPS) is 17.1. The highest BCUT2D eigenvalue weighted by Gasteiger charge is 2.32. The zero-order valence-corrected chi connectivity index (χ0v) is 16.8. The minimum absolute atomic E-state index is 0.0213. The Hall–Kier alpha value is -2.98. The maximum absolute atomic E-state index is 12.8. The van der Waals surface area contributed by atoms with Crippen LogP contribution in [0, 0.1) is 0 Å². The summed E-state index contributed by atoms with van der Waals surface area (Å²) < 4.78 is 31.5. The lowest BCUT2D eigenvalue weighted by atomic mass is 10.2. The largest absolute Gasteiger partial charge is 0.444 e. The third-order valence-corrected chi connectivity index (χ3v) is 4.52. The number of nitrogens with two attached hydrogens (primary N) is 1. The molecule has 1 amide bonds. The van der Waals surface area contributed by atoms with Crippen molar-refractivity contribution in [3.05, 3.63) is 18.3 Å². The molecule has 2 aromatic rings. The van der Waals surface area contributed by atoms with Crippen LogP contribution in [-0.4, -0.2) is 62.5 Å². The van der Waals surface area contributed by atoms with Gasteiger partial charge in [0, 0.05) is 32.4 Å². The third kappa shape index (κ3) is 4.90. The number of halogens is 2. The van der Waals surface area contributed by atoms with E-state index in [1.54, 1.807) is 18.0 Å². The first-order chi connectivity index (χ1) is 13.5. The van der Waals surface area contributed by atoms with Gasteiger partial charge in [0.1, 0.15) is 17.1 Å². The molecule has 1 atom stereocenters. The molecule has 3 heterocycles. The molecule has 1 fully saturated rings. The average Bonchev–Trinajstić information content (AvgIpc) is 3.29. The maximum Gasteiger partial charge on any atom is 0.410 e. The lowest BCUT2D eigenvalue weighted by Crippen LogP contribution is -2.42. The third-order valence-electron chi connectivity index (χ3n) is 4.52. The Morgan fingerprint density at radius 2 is 2.07 bits per heavy atom. The van der Waals surface area contributed by atoms with E-state index in [0.29, 0.717) is 29.3 Å². The molecule has 11 heteroatoms. The molecule has 1 saturated heterocycles. The first-order valence-electron chi connectivity index (χ1n) is 9.22. The Balaban J connectivity index is 1.74. The van der Waals surface area contributed by atoms with E-state index in [0.717, 1.165) is 6.42 Å². The fraction of sp³-hybridized carbons (Fsp3) is 0.556. The summed E-state index contributed by atoms with van der Waals surface area (Å²) in [7, 11) is 1.71. The molecule has 0 unspecified atom stereocenters. The number of nitrogen functional groups attached to an aromatic ring is 1. The van der Waals surface area contributed by atoms with Crippen molar-refractivity contribution in [3.8, 4) is 11.4 Å². The number of hydrogen-bond acceptors (Lipinski definition) is 7. The molecule has 0 saturated carbocycles. The Labute approximate surface area is 167 Å². The smallest absolute Gasteiger partial charge is 0.410 e. The second-order valence-corrected chi connectivity index (χ2v) is 7.91. The van der Waals surface area contributed by atoms with Crippen LogP contribution in [0.1, 0.15) is 33.7 Å². The van der Waals surface area contributed by atoms with Gasteiger partial charge in [-0.05, 0) is 33.3 Å². The highest BCUT2D eigenvalue weighted by atomic mass is 19.3. The quantitative estimate of drug-likeness (QED) is 0.828. The van der Waals surface area contributed by atoms with Gasteiger partial charge in [0.15, 0.2) is 0 Å². The molecule has 0 aromatic carbocycles. The first kappa shape index (κ1) is 20.7. The summed E-state index contributed by atoms with van der Waals surface area (Å²) >= 11 is 0. The van der Waals surface area contributed by atoms with Gasteiger partial charge in [0.25, 0.3) is 0 Å². The van der Waals surface area contributed by atoms with Crippen LogP contribution in [0.5, 0.6) is 0 Å². The molecule has 0 radical (unpaired) electrons. The highest BCUT2D eigenvalue weighted by Crippen LogP contribution is 2.26. The maximum atomic E-state index is 12.8. The first-order valence-corrected chi connectivity index (χ1v) is 9.22. The number of aromatic nitrogens is 4. The van der Waals surface area contributed by atoms with Crippen LogP contribution in [0.2, 0.25) is 0 Å². The SMILES string of the molecule is CN(C(=O)OC(C)(C)C)[C@@H]1CCN(c2cc(-c3ccn(C(F)F)n3)nc(N)n2)C1. The van der Waals surface area contributed by atoms with Gasteiger partial charge in [-0.3, -0.25) is 0 Å². The molecule has 9 nitrogen and oxygen atoms in total. The van der Waals surface area contributed by atoms with E-state index in [4.69, 9.17) is 10.5 Å². The second-order valence-electron chi connectivity index (χ2n) is 7.91. The van der Waals surface area contributed by atoms with Crippen molar-refractivity contribution in [1.82, 2.24) is 24.6 Å². The number of ether oxygens (including phenoxy) is 1. The topological polar surface area (TPSA) is 102 Å². The molecule has 158 valence electrons.